The van der Waals surface area contributed by atoms with Crippen LogP contribution in [0.15, 0.2) is 152 Å². The normalized spacial score (nSPS) is 11.3. The highest BCUT2D eigenvalue weighted by atomic mass is 15.0. The minimum atomic E-state index is -0.625. The van der Waals surface area contributed by atoms with Crippen molar-refractivity contribution in [1.29, 1.82) is 0 Å². The van der Waals surface area contributed by atoms with Gasteiger partial charge in [0.05, 0.1) is 11.4 Å². The van der Waals surface area contributed by atoms with Gasteiger partial charge >= 0.3 is 0 Å². The highest BCUT2D eigenvalue weighted by molar-refractivity contribution is 5.79. The molecule has 0 aliphatic heterocycles. The van der Waals surface area contributed by atoms with Crippen LogP contribution in [0.5, 0.6) is 0 Å². The number of nitrogens with zero attached hydrogens (tertiary/aromatic N) is 1. The molecule has 0 bridgehead atoms. The van der Waals surface area contributed by atoms with E-state index in [0.29, 0.717) is 0 Å². The topological polar surface area (TPSA) is 28.7 Å². The lowest BCUT2D eigenvalue weighted by molar-refractivity contribution is 0.693. The maximum atomic E-state index is 5.40. The van der Waals surface area contributed by atoms with Crippen LogP contribution in [0.25, 0.3) is 22.5 Å². The van der Waals surface area contributed by atoms with Crippen molar-refractivity contribution < 1.29 is 0 Å². The van der Waals surface area contributed by atoms with Crippen LogP contribution in [0, 0.1) is 0 Å². The predicted octanol–water partition coefficient (Wildman–Crippen LogP) is 8.13. The largest absolute Gasteiger partial charge is 0.340 e. The van der Waals surface area contributed by atoms with Crippen LogP contribution >= 0.6 is 0 Å². The van der Waals surface area contributed by atoms with Crippen molar-refractivity contribution in [2.75, 3.05) is 0 Å². The summed E-state index contributed by atoms with van der Waals surface area (Å²) in [6, 6.07) is 52.9. The van der Waals surface area contributed by atoms with E-state index in [1.165, 1.54) is 0 Å². The van der Waals surface area contributed by atoms with E-state index in [1.807, 2.05) is 12.1 Å². The molecule has 36 heavy (non-hydrogen) atoms. The van der Waals surface area contributed by atoms with E-state index < -0.39 is 5.41 Å². The van der Waals surface area contributed by atoms with E-state index in [9.17, 15) is 0 Å². The number of imidazole rings is 1. The quantitative estimate of drug-likeness (QED) is 0.249. The average molecular weight is 463 g/mol. The molecule has 0 fully saturated rings. The second kappa shape index (κ2) is 9.52. The second-order valence-electron chi connectivity index (χ2n) is 8.89. The molecule has 0 spiro atoms. The smallest absolute Gasteiger partial charge is 0.127 e. The molecule has 0 aliphatic rings. The summed E-state index contributed by atoms with van der Waals surface area (Å²) < 4.78 is 0. The Morgan fingerprint density at radius 1 is 0.417 bits per heavy atom. The number of benzene rings is 5. The zero-order chi connectivity index (χ0) is 24.2. The molecule has 0 aliphatic carbocycles. The summed E-state index contributed by atoms with van der Waals surface area (Å²) in [6.45, 7) is 0. The summed E-state index contributed by atoms with van der Waals surface area (Å²) in [4.78, 5) is 9.22. The van der Waals surface area contributed by atoms with Crippen LogP contribution in [-0.2, 0) is 5.41 Å². The predicted molar refractivity (Wildman–Crippen MR) is 148 cm³/mol. The first-order chi connectivity index (χ1) is 17.9. The monoisotopic (exact) mass is 462 g/mol. The molecule has 5 aromatic carbocycles. The minimum Gasteiger partial charge on any atom is -0.340 e. The van der Waals surface area contributed by atoms with Crippen LogP contribution < -0.4 is 0 Å². The zero-order valence-corrected chi connectivity index (χ0v) is 19.9. The van der Waals surface area contributed by atoms with Gasteiger partial charge in [-0.25, -0.2) is 4.98 Å². The number of hydrogen-bond acceptors (Lipinski definition) is 1. The first-order valence-electron chi connectivity index (χ1n) is 12.3. The van der Waals surface area contributed by atoms with Gasteiger partial charge in [-0.3, -0.25) is 0 Å². The molecular formula is C34H26N2. The second-order valence-corrected chi connectivity index (χ2v) is 8.89. The maximum Gasteiger partial charge on any atom is 0.127 e. The third-order valence-corrected chi connectivity index (χ3v) is 6.79. The fourth-order valence-electron chi connectivity index (χ4n) is 5.14. The Labute approximate surface area is 212 Å². The molecule has 6 rings (SSSR count). The Morgan fingerprint density at radius 3 is 1.19 bits per heavy atom. The Bertz CT molecular complexity index is 1390. The van der Waals surface area contributed by atoms with E-state index in [-0.39, 0.29) is 0 Å². The molecule has 172 valence electrons. The van der Waals surface area contributed by atoms with E-state index >= 15 is 0 Å². The van der Waals surface area contributed by atoms with Gasteiger partial charge < -0.3 is 4.98 Å². The van der Waals surface area contributed by atoms with Crippen LogP contribution in [-0.4, -0.2) is 9.97 Å². The lowest BCUT2D eigenvalue weighted by atomic mass is 9.69. The van der Waals surface area contributed by atoms with Crippen molar-refractivity contribution in [2.24, 2.45) is 0 Å². The summed E-state index contributed by atoms with van der Waals surface area (Å²) in [5, 5.41) is 0. The Morgan fingerprint density at radius 2 is 0.778 bits per heavy atom. The van der Waals surface area contributed by atoms with Gasteiger partial charge in [0.1, 0.15) is 11.2 Å². The average Bonchev–Trinajstić information content (AvgIpc) is 3.42. The number of aromatic nitrogens is 2. The molecule has 1 aromatic heterocycles. The maximum absolute atomic E-state index is 5.40. The first kappa shape index (κ1) is 21.8. The summed E-state index contributed by atoms with van der Waals surface area (Å²) in [7, 11) is 0. The third-order valence-electron chi connectivity index (χ3n) is 6.79. The first-order valence-corrected chi connectivity index (χ1v) is 12.3. The molecule has 1 heterocycles. The van der Waals surface area contributed by atoms with Crippen molar-refractivity contribution in [1.82, 2.24) is 9.97 Å². The SMILES string of the molecule is c1ccc(-c2nc(C(c3ccccc3)(c3ccccc3)c3ccccc3)[nH]c2-c2ccccc2)cc1. The van der Waals surface area contributed by atoms with Gasteiger partial charge in [0.25, 0.3) is 0 Å². The summed E-state index contributed by atoms with van der Waals surface area (Å²) in [6.07, 6.45) is 0. The molecule has 1 N–H and O–H groups in total. The highest BCUT2D eigenvalue weighted by Crippen LogP contribution is 2.45. The molecule has 6 aromatic rings. The number of H-pyrrole nitrogens is 1. The highest BCUT2D eigenvalue weighted by Gasteiger charge is 2.41. The van der Waals surface area contributed by atoms with Crippen LogP contribution in [0.2, 0.25) is 0 Å². The molecular weight excluding hydrogens is 436 g/mol. The Hall–Kier alpha value is -4.69. The van der Waals surface area contributed by atoms with E-state index in [1.54, 1.807) is 0 Å². The van der Waals surface area contributed by atoms with Crippen molar-refractivity contribution in [2.45, 2.75) is 5.41 Å². The third kappa shape index (κ3) is 3.73. The number of rotatable bonds is 6. The fourth-order valence-corrected chi connectivity index (χ4v) is 5.14. The Kier molecular flexibility index (Phi) is 5.77. The summed E-state index contributed by atoms with van der Waals surface area (Å²) in [5.41, 5.74) is 7.02. The van der Waals surface area contributed by atoms with Crippen molar-refractivity contribution in [3.63, 3.8) is 0 Å². The van der Waals surface area contributed by atoms with E-state index in [0.717, 1.165) is 45.0 Å². The van der Waals surface area contributed by atoms with Gasteiger partial charge in [-0.1, -0.05) is 152 Å². The van der Waals surface area contributed by atoms with Crippen LogP contribution in [0.4, 0.5) is 0 Å². The van der Waals surface area contributed by atoms with Crippen molar-refractivity contribution >= 4 is 0 Å². The van der Waals surface area contributed by atoms with Crippen LogP contribution in [0.3, 0.4) is 0 Å². The number of hydrogen-bond donors (Lipinski definition) is 1. The van der Waals surface area contributed by atoms with Crippen LogP contribution in [0.1, 0.15) is 22.5 Å². The van der Waals surface area contributed by atoms with Gasteiger partial charge in [-0.15, -0.1) is 0 Å². The van der Waals surface area contributed by atoms with Crippen molar-refractivity contribution in [3.05, 3.63) is 174 Å². The Balaban J connectivity index is 1.72. The minimum absolute atomic E-state index is 0.625. The molecule has 0 amide bonds. The number of nitrogens with one attached hydrogen (secondary N) is 1. The van der Waals surface area contributed by atoms with E-state index in [2.05, 4.69) is 145 Å². The summed E-state index contributed by atoms with van der Waals surface area (Å²) >= 11 is 0. The molecule has 2 nitrogen and oxygen atoms in total. The molecule has 0 saturated heterocycles. The molecule has 0 radical (unpaired) electrons. The van der Waals surface area contributed by atoms with E-state index in [4.69, 9.17) is 4.98 Å². The van der Waals surface area contributed by atoms with Gasteiger partial charge in [-0.2, -0.15) is 0 Å². The fraction of sp³-hybridized carbons (Fsp3) is 0.0294. The molecule has 0 saturated carbocycles. The molecule has 2 heteroatoms. The van der Waals surface area contributed by atoms with Gasteiger partial charge in [-0.05, 0) is 16.7 Å². The van der Waals surface area contributed by atoms with Crippen molar-refractivity contribution in [3.8, 4) is 22.5 Å². The van der Waals surface area contributed by atoms with Gasteiger partial charge in [0.2, 0.25) is 0 Å². The summed E-state index contributed by atoms with van der Waals surface area (Å²) in [5.74, 6) is 0.892. The number of aromatic amines is 1. The lowest BCUT2D eigenvalue weighted by Gasteiger charge is -2.34. The zero-order valence-electron chi connectivity index (χ0n) is 19.9. The van der Waals surface area contributed by atoms with Gasteiger partial charge in [0, 0.05) is 11.1 Å². The molecule has 0 unspecified atom stereocenters. The standard InChI is InChI=1S/C34H26N2/c1-6-16-26(17-7-1)31-32(27-18-8-2-9-19-27)36-33(35-31)34(28-20-10-3-11-21-28,29-22-12-4-13-23-29)30-24-14-5-15-25-30/h1-25H,(H,35,36). The molecule has 0 atom stereocenters. The lowest BCUT2D eigenvalue weighted by Crippen LogP contribution is -2.32. The van der Waals surface area contributed by atoms with Gasteiger partial charge in [0.15, 0.2) is 0 Å².